The maximum atomic E-state index is 12.7. The summed E-state index contributed by atoms with van der Waals surface area (Å²) in [6, 6.07) is 15.7. The van der Waals surface area contributed by atoms with Gasteiger partial charge in [-0.25, -0.2) is 9.36 Å². The predicted molar refractivity (Wildman–Crippen MR) is 95.3 cm³/mol. The second kappa shape index (κ2) is 6.73. The number of fused-ring (bicyclic) bond motifs is 1. The molecule has 0 aliphatic rings. The molecule has 0 fully saturated rings. The maximum Gasteiger partial charge on any atom is 0.341 e. The van der Waals surface area contributed by atoms with Gasteiger partial charge in [-0.1, -0.05) is 49.4 Å². The van der Waals surface area contributed by atoms with Crippen LogP contribution in [0, 0.1) is 0 Å². The van der Waals surface area contributed by atoms with Crippen LogP contribution in [0.4, 0.5) is 0 Å². The first-order valence-corrected chi connectivity index (χ1v) is 8.00. The minimum Gasteiger partial charge on any atom is -0.477 e. The molecule has 3 rings (SSSR count). The van der Waals surface area contributed by atoms with Crippen molar-refractivity contribution in [2.24, 2.45) is 0 Å². The number of para-hydroxylation sites is 1. The van der Waals surface area contributed by atoms with Crippen molar-refractivity contribution in [3.63, 3.8) is 0 Å². The molecule has 2 aromatic carbocycles. The SMILES string of the molecule is CCc1ccc(CC(=O)n2c(=O)c(C(=O)O)cc3ccccc32)cc1. The Balaban J connectivity index is 2.09. The Labute approximate surface area is 144 Å². The second-order valence-corrected chi connectivity index (χ2v) is 5.80. The molecular weight excluding hydrogens is 318 g/mol. The van der Waals surface area contributed by atoms with E-state index in [0.29, 0.717) is 10.9 Å². The Morgan fingerprint density at radius 2 is 1.64 bits per heavy atom. The van der Waals surface area contributed by atoms with E-state index in [1.807, 2.05) is 31.2 Å². The molecule has 5 nitrogen and oxygen atoms in total. The van der Waals surface area contributed by atoms with Crippen LogP contribution < -0.4 is 5.56 Å². The Morgan fingerprint density at radius 3 is 2.28 bits per heavy atom. The number of pyridine rings is 1. The predicted octanol–water partition coefficient (Wildman–Crippen LogP) is 3.15. The van der Waals surface area contributed by atoms with Gasteiger partial charge in [-0.2, -0.15) is 0 Å². The molecule has 1 aromatic heterocycles. The first-order chi connectivity index (χ1) is 12.0. The van der Waals surface area contributed by atoms with Crippen LogP contribution in [0.15, 0.2) is 59.4 Å². The normalized spacial score (nSPS) is 10.8. The van der Waals surface area contributed by atoms with Crippen LogP contribution in [0.2, 0.25) is 0 Å². The van der Waals surface area contributed by atoms with Gasteiger partial charge in [0, 0.05) is 0 Å². The standard InChI is InChI=1S/C20H17NO4/c1-2-13-7-9-14(10-8-13)11-18(22)21-17-6-4-3-5-15(17)12-16(19(21)23)20(24)25/h3-10,12H,2,11H2,1H3,(H,24,25). The Kier molecular flexibility index (Phi) is 4.48. The third-order valence-electron chi connectivity index (χ3n) is 4.18. The summed E-state index contributed by atoms with van der Waals surface area (Å²) in [5, 5.41) is 9.79. The molecule has 0 atom stereocenters. The molecular formula is C20H17NO4. The summed E-state index contributed by atoms with van der Waals surface area (Å²) >= 11 is 0. The highest BCUT2D eigenvalue weighted by molar-refractivity contribution is 5.97. The summed E-state index contributed by atoms with van der Waals surface area (Å²) in [5.74, 6) is -1.79. The van der Waals surface area contributed by atoms with Gasteiger partial charge in [-0.05, 0) is 35.1 Å². The first kappa shape index (κ1) is 16.6. The van der Waals surface area contributed by atoms with Crippen molar-refractivity contribution in [3.8, 4) is 0 Å². The van der Waals surface area contributed by atoms with E-state index < -0.39 is 23.0 Å². The summed E-state index contributed by atoms with van der Waals surface area (Å²) in [4.78, 5) is 36.6. The molecule has 0 aliphatic carbocycles. The van der Waals surface area contributed by atoms with Gasteiger partial charge in [0.1, 0.15) is 5.56 Å². The number of carboxylic acid groups (broad SMARTS) is 1. The van der Waals surface area contributed by atoms with E-state index in [2.05, 4.69) is 0 Å². The highest BCUT2D eigenvalue weighted by Gasteiger charge is 2.19. The lowest BCUT2D eigenvalue weighted by Gasteiger charge is -2.11. The van der Waals surface area contributed by atoms with Gasteiger partial charge in [-0.15, -0.1) is 0 Å². The average Bonchev–Trinajstić information content (AvgIpc) is 2.61. The topological polar surface area (TPSA) is 76.4 Å². The van der Waals surface area contributed by atoms with E-state index in [0.717, 1.165) is 22.1 Å². The van der Waals surface area contributed by atoms with Crippen LogP contribution >= 0.6 is 0 Å². The number of rotatable bonds is 4. The summed E-state index contributed by atoms with van der Waals surface area (Å²) in [6.45, 7) is 2.04. The fourth-order valence-electron chi connectivity index (χ4n) is 2.81. The van der Waals surface area contributed by atoms with Crippen LogP contribution in [0.25, 0.3) is 10.9 Å². The molecule has 0 spiro atoms. The first-order valence-electron chi connectivity index (χ1n) is 8.00. The molecule has 5 heteroatoms. The molecule has 0 unspecified atom stereocenters. The average molecular weight is 335 g/mol. The minimum absolute atomic E-state index is 0.0248. The zero-order valence-electron chi connectivity index (χ0n) is 13.7. The molecule has 3 aromatic rings. The van der Waals surface area contributed by atoms with Gasteiger partial charge in [-0.3, -0.25) is 9.59 Å². The molecule has 0 bridgehead atoms. The second-order valence-electron chi connectivity index (χ2n) is 5.80. The van der Waals surface area contributed by atoms with Crippen LogP contribution in [0.5, 0.6) is 0 Å². The van der Waals surface area contributed by atoms with Crippen molar-refractivity contribution in [1.82, 2.24) is 4.57 Å². The number of carbonyl (C=O) groups excluding carboxylic acids is 1. The molecule has 0 amide bonds. The van der Waals surface area contributed by atoms with Crippen LogP contribution in [-0.4, -0.2) is 21.6 Å². The van der Waals surface area contributed by atoms with E-state index in [-0.39, 0.29) is 6.42 Å². The number of carbonyl (C=O) groups is 2. The number of hydrogen-bond donors (Lipinski definition) is 1. The van der Waals surface area contributed by atoms with Crippen LogP contribution in [-0.2, 0) is 12.8 Å². The number of hydrogen-bond acceptors (Lipinski definition) is 3. The molecule has 0 aliphatic heterocycles. The number of benzene rings is 2. The highest BCUT2D eigenvalue weighted by Crippen LogP contribution is 2.15. The molecule has 126 valence electrons. The van der Waals surface area contributed by atoms with E-state index in [1.165, 1.54) is 6.07 Å². The molecule has 25 heavy (non-hydrogen) atoms. The van der Waals surface area contributed by atoms with Gasteiger partial charge < -0.3 is 5.11 Å². The van der Waals surface area contributed by atoms with E-state index in [9.17, 15) is 19.5 Å². The van der Waals surface area contributed by atoms with Gasteiger partial charge in [0.25, 0.3) is 5.56 Å². The van der Waals surface area contributed by atoms with E-state index in [4.69, 9.17) is 0 Å². The number of carboxylic acids is 1. The highest BCUT2D eigenvalue weighted by atomic mass is 16.4. The Hall–Kier alpha value is -3.21. The Morgan fingerprint density at radius 1 is 1.00 bits per heavy atom. The zero-order valence-corrected chi connectivity index (χ0v) is 13.7. The van der Waals surface area contributed by atoms with E-state index in [1.54, 1.807) is 24.3 Å². The summed E-state index contributed by atoms with van der Waals surface area (Å²) < 4.78 is 0.965. The van der Waals surface area contributed by atoms with Crippen molar-refractivity contribution in [1.29, 1.82) is 0 Å². The largest absolute Gasteiger partial charge is 0.477 e. The number of aromatic nitrogens is 1. The summed E-state index contributed by atoms with van der Waals surface area (Å²) in [5.41, 5.74) is 1.13. The molecule has 1 N–H and O–H groups in total. The summed E-state index contributed by atoms with van der Waals surface area (Å²) in [6.07, 6.45) is 0.927. The van der Waals surface area contributed by atoms with Crippen molar-refractivity contribution in [2.45, 2.75) is 19.8 Å². The third kappa shape index (κ3) is 3.21. The number of aryl methyl sites for hydroxylation is 1. The van der Waals surface area contributed by atoms with Crippen LogP contribution in [0.3, 0.4) is 0 Å². The molecule has 0 saturated heterocycles. The maximum absolute atomic E-state index is 12.7. The lowest BCUT2D eigenvalue weighted by atomic mass is 10.1. The molecule has 1 heterocycles. The number of aromatic carboxylic acids is 1. The van der Waals surface area contributed by atoms with Crippen molar-refractivity contribution >= 4 is 22.8 Å². The van der Waals surface area contributed by atoms with Crippen molar-refractivity contribution in [3.05, 3.63) is 81.6 Å². The number of nitrogens with zero attached hydrogens (tertiary/aromatic N) is 1. The van der Waals surface area contributed by atoms with Crippen molar-refractivity contribution < 1.29 is 14.7 Å². The lowest BCUT2D eigenvalue weighted by molar-refractivity contribution is 0.0694. The van der Waals surface area contributed by atoms with Gasteiger partial charge in [0.05, 0.1) is 11.9 Å². The monoisotopic (exact) mass is 335 g/mol. The zero-order chi connectivity index (χ0) is 18.0. The van der Waals surface area contributed by atoms with Gasteiger partial charge in [0.2, 0.25) is 5.91 Å². The Bertz CT molecular complexity index is 1020. The fraction of sp³-hybridized carbons (Fsp3) is 0.150. The van der Waals surface area contributed by atoms with Gasteiger partial charge in [0.15, 0.2) is 0 Å². The molecule has 0 radical (unpaired) electrons. The third-order valence-corrected chi connectivity index (χ3v) is 4.18. The quantitative estimate of drug-likeness (QED) is 0.794. The van der Waals surface area contributed by atoms with Gasteiger partial charge >= 0.3 is 5.97 Å². The van der Waals surface area contributed by atoms with Crippen LogP contribution in [0.1, 0.15) is 33.2 Å². The van der Waals surface area contributed by atoms with Crippen molar-refractivity contribution in [2.75, 3.05) is 0 Å². The fourth-order valence-corrected chi connectivity index (χ4v) is 2.81. The smallest absolute Gasteiger partial charge is 0.341 e. The minimum atomic E-state index is -1.34. The lowest BCUT2D eigenvalue weighted by Crippen LogP contribution is -2.32. The molecule has 0 saturated carbocycles. The summed E-state index contributed by atoms with van der Waals surface area (Å²) in [7, 11) is 0. The van der Waals surface area contributed by atoms with E-state index >= 15 is 0 Å².